The summed E-state index contributed by atoms with van der Waals surface area (Å²) in [5.74, 6) is 1.63. The largest absolute Gasteiger partial charge is 0.464 e. The highest BCUT2D eigenvalue weighted by Gasteiger charge is 2.25. The highest BCUT2D eigenvalue weighted by Crippen LogP contribution is 2.23. The second kappa shape index (κ2) is 4.69. The molecule has 0 spiro atoms. The number of aryl methyl sites for hydroxylation is 1. The van der Waals surface area contributed by atoms with Gasteiger partial charge in [-0.25, -0.2) is 0 Å². The third kappa shape index (κ3) is 2.26. The molecule has 2 rings (SSSR count). The molecule has 0 saturated carbocycles. The topological polar surface area (TPSA) is 43.4 Å². The molecule has 16 heavy (non-hydrogen) atoms. The van der Waals surface area contributed by atoms with Crippen LogP contribution in [0.25, 0.3) is 0 Å². The number of nitrogens with zero attached hydrogens (tertiary/aromatic N) is 3. The van der Waals surface area contributed by atoms with Gasteiger partial charge in [0.1, 0.15) is 11.5 Å². The van der Waals surface area contributed by atoms with E-state index >= 15 is 0 Å². The van der Waals surface area contributed by atoms with Crippen molar-refractivity contribution in [2.45, 2.75) is 13.0 Å². The van der Waals surface area contributed by atoms with E-state index in [4.69, 9.17) is 4.42 Å². The van der Waals surface area contributed by atoms with Crippen LogP contribution in [-0.4, -0.2) is 43.0 Å². The van der Waals surface area contributed by atoms with Gasteiger partial charge < -0.3 is 9.32 Å². The minimum atomic E-state index is -0.234. The minimum absolute atomic E-state index is 0.234. The maximum absolute atomic E-state index is 9.24. The van der Waals surface area contributed by atoms with E-state index in [0.717, 1.165) is 37.7 Å². The highest BCUT2D eigenvalue weighted by atomic mass is 16.3. The molecule has 1 aromatic heterocycles. The van der Waals surface area contributed by atoms with Crippen LogP contribution in [0, 0.1) is 18.3 Å². The minimum Gasteiger partial charge on any atom is -0.464 e. The van der Waals surface area contributed by atoms with Crippen LogP contribution in [0.1, 0.15) is 17.6 Å². The molecule has 0 bridgehead atoms. The molecule has 4 heteroatoms. The van der Waals surface area contributed by atoms with Crippen LogP contribution in [0.3, 0.4) is 0 Å². The van der Waals surface area contributed by atoms with Gasteiger partial charge >= 0.3 is 0 Å². The summed E-state index contributed by atoms with van der Waals surface area (Å²) in [5, 5.41) is 9.24. The number of rotatable bonds is 2. The quantitative estimate of drug-likeness (QED) is 0.754. The van der Waals surface area contributed by atoms with Crippen LogP contribution < -0.4 is 0 Å². The zero-order valence-corrected chi connectivity index (χ0v) is 9.81. The molecular weight excluding hydrogens is 202 g/mol. The Kier molecular flexibility index (Phi) is 3.28. The maximum atomic E-state index is 9.24. The van der Waals surface area contributed by atoms with Crippen molar-refractivity contribution in [1.29, 1.82) is 5.26 Å². The summed E-state index contributed by atoms with van der Waals surface area (Å²) >= 11 is 0. The predicted octanol–water partition coefficient (Wildman–Crippen LogP) is 1.40. The van der Waals surface area contributed by atoms with Gasteiger partial charge in [0, 0.05) is 26.2 Å². The number of furan rings is 1. The van der Waals surface area contributed by atoms with Gasteiger partial charge in [-0.3, -0.25) is 4.90 Å². The molecule has 0 N–H and O–H groups in total. The van der Waals surface area contributed by atoms with E-state index in [2.05, 4.69) is 22.9 Å². The van der Waals surface area contributed by atoms with Crippen LogP contribution in [0.5, 0.6) is 0 Å². The van der Waals surface area contributed by atoms with Gasteiger partial charge in [0.2, 0.25) is 0 Å². The van der Waals surface area contributed by atoms with Crippen molar-refractivity contribution in [2.24, 2.45) is 0 Å². The van der Waals surface area contributed by atoms with Crippen LogP contribution in [0.4, 0.5) is 0 Å². The Hall–Kier alpha value is -1.31. The third-order valence-electron chi connectivity index (χ3n) is 3.06. The Labute approximate surface area is 96.1 Å². The molecule has 1 saturated heterocycles. The van der Waals surface area contributed by atoms with Crippen molar-refractivity contribution in [3.8, 4) is 6.07 Å². The molecule has 0 radical (unpaired) electrons. The smallest absolute Gasteiger partial charge is 0.156 e. The summed E-state index contributed by atoms with van der Waals surface area (Å²) in [5.41, 5.74) is 0. The van der Waals surface area contributed by atoms with Crippen LogP contribution in [0.2, 0.25) is 0 Å². The average molecular weight is 219 g/mol. The van der Waals surface area contributed by atoms with Crippen LogP contribution in [-0.2, 0) is 0 Å². The molecule has 2 heterocycles. The fourth-order valence-corrected chi connectivity index (χ4v) is 2.01. The molecule has 1 atom stereocenters. The number of nitriles is 1. The molecule has 86 valence electrons. The second-order valence-corrected chi connectivity index (χ2v) is 4.32. The van der Waals surface area contributed by atoms with Crippen LogP contribution in [0.15, 0.2) is 16.5 Å². The Morgan fingerprint density at radius 2 is 2.00 bits per heavy atom. The Balaban J connectivity index is 2.09. The molecule has 1 unspecified atom stereocenters. The van der Waals surface area contributed by atoms with Crippen LogP contribution >= 0.6 is 0 Å². The van der Waals surface area contributed by atoms with E-state index in [1.54, 1.807) is 0 Å². The zero-order chi connectivity index (χ0) is 11.5. The fraction of sp³-hybridized carbons (Fsp3) is 0.583. The number of likely N-dealkylation sites (N-methyl/N-ethyl adjacent to an activating group) is 1. The van der Waals surface area contributed by atoms with E-state index in [1.165, 1.54) is 0 Å². The molecule has 0 amide bonds. The summed E-state index contributed by atoms with van der Waals surface area (Å²) < 4.78 is 5.54. The van der Waals surface area contributed by atoms with E-state index in [1.807, 2.05) is 19.1 Å². The summed E-state index contributed by atoms with van der Waals surface area (Å²) in [4.78, 5) is 4.45. The van der Waals surface area contributed by atoms with Gasteiger partial charge in [-0.05, 0) is 26.1 Å². The monoisotopic (exact) mass is 219 g/mol. The number of hydrogen-bond donors (Lipinski definition) is 0. The molecule has 1 aromatic rings. The first-order chi connectivity index (χ1) is 7.70. The first kappa shape index (κ1) is 11.2. The van der Waals surface area contributed by atoms with Gasteiger partial charge in [-0.2, -0.15) is 5.26 Å². The van der Waals surface area contributed by atoms with Crippen molar-refractivity contribution >= 4 is 0 Å². The molecule has 0 aliphatic carbocycles. The predicted molar refractivity (Wildman–Crippen MR) is 60.9 cm³/mol. The average Bonchev–Trinajstić information content (AvgIpc) is 2.69. The van der Waals surface area contributed by atoms with Gasteiger partial charge in [-0.1, -0.05) is 0 Å². The number of hydrogen-bond acceptors (Lipinski definition) is 4. The Morgan fingerprint density at radius 1 is 1.31 bits per heavy atom. The first-order valence-corrected chi connectivity index (χ1v) is 5.59. The Bertz CT molecular complexity index is 385. The highest BCUT2D eigenvalue weighted by molar-refractivity contribution is 5.16. The lowest BCUT2D eigenvalue weighted by Crippen LogP contribution is -2.45. The van der Waals surface area contributed by atoms with Gasteiger partial charge in [0.15, 0.2) is 6.04 Å². The van der Waals surface area contributed by atoms with Crippen molar-refractivity contribution in [1.82, 2.24) is 9.80 Å². The SMILES string of the molecule is Cc1ccc(C(C#N)N2CCN(C)CC2)o1. The molecule has 0 aromatic carbocycles. The summed E-state index contributed by atoms with van der Waals surface area (Å²) in [6.45, 7) is 5.78. The maximum Gasteiger partial charge on any atom is 0.156 e. The first-order valence-electron chi connectivity index (χ1n) is 5.59. The van der Waals surface area contributed by atoms with E-state index in [-0.39, 0.29) is 6.04 Å². The zero-order valence-electron chi connectivity index (χ0n) is 9.81. The van der Waals surface area contributed by atoms with Gasteiger partial charge in [0.25, 0.3) is 0 Å². The van der Waals surface area contributed by atoms with Crippen molar-refractivity contribution in [3.63, 3.8) is 0 Å². The third-order valence-corrected chi connectivity index (χ3v) is 3.06. The lowest BCUT2D eigenvalue weighted by atomic mass is 10.2. The van der Waals surface area contributed by atoms with Crippen molar-refractivity contribution in [3.05, 3.63) is 23.7 Å². The summed E-state index contributed by atoms with van der Waals surface area (Å²) in [7, 11) is 2.11. The van der Waals surface area contributed by atoms with Crippen molar-refractivity contribution < 1.29 is 4.42 Å². The number of piperazine rings is 1. The van der Waals surface area contributed by atoms with Gasteiger partial charge in [0.05, 0.1) is 6.07 Å². The molecular formula is C12H17N3O. The second-order valence-electron chi connectivity index (χ2n) is 4.32. The standard InChI is InChI=1S/C12H17N3O/c1-10-3-4-12(16-10)11(9-13)15-7-5-14(2)6-8-15/h3-4,11H,5-8H2,1-2H3. The lowest BCUT2D eigenvalue weighted by molar-refractivity contribution is 0.123. The summed E-state index contributed by atoms with van der Waals surface area (Å²) in [6.07, 6.45) is 0. The fourth-order valence-electron chi connectivity index (χ4n) is 2.01. The van der Waals surface area contributed by atoms with Crippen molar-refractivity contribution in [2.75, 3.05) is 33.2 Å². The van der Waals surface area contributed by atoms with E-state index < -0.39 is 0 Å². The Morgan fingerprint density at radius 3 is 2.50 bits per heavy atom. The molecule has 1 fully saturated rings. The summed E-state index contributed by atoms with van der Waals surface area (Å²) in [6, 6.07) is 5.91. The molecule has 1 aliphatic rings. The van der Waals surface area contributed by atoms with Gasteiger partial charge in [-0.15, -0.1) is 0 Å². The van der Waals surface area contributed by atoms with E-state index in [0.29, 0.717) is 0 Å². The lowest BCUT2D eigenvalue weighted by Gasteiger charge is -2.34. The van der Waals surface area contributed by atoms with E-state index in [9.17, 15) is 5.26 Å². The normalized spacial score (nSPS) is 20.6. The molecule has 4 nitrogen and oxygen atoms in total. The molecule has 1 aliphatic heterocycles.